The molecule has 0 atom stereocenters. The molecule has 1 aliphatic rings. The maximum absolute atomic E-state index is 5.92. The van der Waals surface area contributed by atoms with E-state index >= 15 is 0 Å². The molecule has 1 fully saturated rings. The second kappa shape index (κ2) is 5.06. The van der Waals surface area contributed by atoms with Gasteiger partial charge in [0.05, 0.1) is 11.2 Å². The van der Waals surface area contributed by atoms with Gasteiger partial charge >= 0.3 is 7.12 Å². The normalized spacial score (nSPS) is 21.2. The molecular weight excluding hydrogens is 223 g/mol. The van der Waals surface area contributed by atoms with Crippen LogP contribution in [0.25, 0.3) is 0 Å². The minimum Gasteiger partial charge on any atom is -0.403 e. The molecule has 0 N–H and O–H groups in total. The van der Waals surface area contributed by atoms with Gasteiger partial charge in [-0.1, -0.05) is 30.3 Å². The van der Waals surface area contributed by atoms with Gasteiger partial charge in [-0.05, 0) is 52.4 Å². The molecule has 0 unspecified atom stereocenters. The minimum atomic E-state index is -0.235. The van der Waals surface area contributed by atoms with Crippen LogP contribution in [-0.4, -0.2) is 18.3 Å². The van der Waals surface area contributed by atoms with E-state index < -0.39 is 0 Å². The molecule has 1 aromatic carbocycles. The Morgan fingerprint density at radius 2 is 1.56 bits per heavy atom. The van der Waals surface area contributed by atoms with Gasteiger partial charge in [-0.25, -0.2) is 0 Å². The van der Waals surface area contributed by atoms with E-state index in [0.717, 1.165) is 12.8 Å². The monoisotopic (exact) mass is 245 g/mol. The van der Waals surface area contributed by atoms with Crippen molar-refractivity contribution in [2.75, 3.05) is 0 Å². The van der Waals surface area contributed by atoms with Crippen molar-refractivity contribution in [1.82, 2.24) is 0 Å². The largest absolute Gasteiger partial charge is 0.460 e. The number of hydrogen-bond donors (Lipinski definition) is 0. The highest BCUT2D eigenvalue weighted by molar-refractivity contribution is 6.49. The van der Waals surface area contributed by atoms with Gasteiger partial charge in [-0.15, -0.1) is 0 Å². The van der Waals surface area contributed by atoms with Gasteiger partial charge in [0.25, 0.3) is 0 Å². The molecule has 0 spiro atoms. The molecule has 1 aromatic rings. The molecule has 0 aromatic heterocycles. The molecule has 1 radical (unpaired) electrons. The Balaban J connectivity index is 1.79. The lowest BCUT2D eigenvalue weighted by Crippen LogP contribution is -2.41. The summed E-state index contributed by atoms with van der Waals surface area (Å²) in [5, 5.41) is 0. The highest BCUT2D eigenvalue weighted by atomic mass is 16.7. The second-order valence-corrected chi connectivity index (χ2v) is 5.88. The molecule has 0 aliphatic carbocycles. The Morgan fingerprint density at radius 3 is 2.11 bits per heavy atom. The minimum absolute atomic E-state index is 0.182. The van der Waals surface area contributed by atoms with Gasteiger partial charge in [0, 0.05) is 0 Å². The zero-order chi connectivity index (χ0) is 13.2. The topological polar surface area (TPSA) is 18.5 Å². The Hall–Kier alpha value is -0.795. The first-order valence-corrected chi connectivity index (χ1v) is 6.64. The van der Waals surface area contributed by atoms with Crippen molar-refractivity contribution >= 4 is 7.12 Å². The van der Waals surface area contributed by atoms with Crippen LogP contribution in [0.15, 0.2) is 30.3 Å². The summed E-state index contributed by atoms with van der Waals surface area (Å²) in [7, 11) is -0.182. The fourth-order valence-corrected chi connectivity index (χ4v) is 2.02. The SMILES string of the molecule is CC1(C)OB([CH]CCc2ccccc2)OC1(C)C. The Bertz CT molecular complexity index is 371. The lowest BCUT2D eigenvalue weighted by molar-refractivity contribution is 0.00578. The quantitative estimate of drug-likeness (QED) is 0.756. The number of benzene rings is 1. The summed E-state index contributed by atoms with van der Waals surface area (Å²) in [5.74, 6) is 0. The van der Waals surface area contributed by atoms with Crippen LogP contribution in [0.1, 0.15) is 39.7 Å². The summed E-state index contributed by atoms with van der Waals surface area (Å²) >= 11 is 0. The van der Waals surface area contributed by atoms with Crippen molar-refractivity contribution in [2.45, 2.75) is 51.7 Å². The lowest BCUT2D eigenvalue weighted by Gasteiger charge is -2.32. The lowest BCUT2D eigenvalue weighted by atomic mass is 9.82. The van der Waals surface area contributed by atoms with E-state index in [9.17, 15) is 0 Å². The van der Waals surface area contributed by atoms with E-state index in [4.69, 9.17) is 9.31 Å². The van der Waals surface area contributed by atoms with E-state index in [1.807, 2.05) is 6.07 Å². The Labute approximate surface area is 111 Å². The van der Waals surface area contributed by atoms with Gasteiger partial charge in [0.15, 0.2) is 0 Å². The van der Waals surface area contributed by atoms with E-state index in [2.05, 4.69) is 58.3 Å². The fraction of sp³-hybridized carbons (Fsp3) is 0.533. The molecular formula is C15H22BO2. The predicted octanol–water partition coefficient (Wildman–Crippen LogP) is 3.45. The predicted molar refractivity (Wildman–Crippen MR) is 75.1 cm³/mol. The van der Waals surface area contributed by atoms with Gasteiger partial charge in [0.2, 0.25) is 0 Å². The van der Waals surface area contributed by atoms with E-state index in [0.29, 0.717) is 0 Å². The third-order valence-corrected chi connectivity index (χ3v) is 3.91. The summed E-state index contributed by atoms with van der Waals surface area (Å²) in [6.07, 6.45) is 4.13. The number of aryl methyl sites for hydroxylation is 1. The molecule has 1 saturated heterocycles. The Morgan fingerprint density at radius 1 is 1.00 bits per heavy atom. The zero-order valence-corrected chi connectivity index (χ0v) is 11.8. The van der Waals surface area contributed by atoms with Crippen LogP contribution in [0.3, 0.4) is 0 Å². The number of rotatable bonds is 4. The average molecular weight is 245 g/mol. The van der Waals surface area contributed by atoms with Crippen LogP contribution in [0, 0.1) is 6.32 Å². The van der Waals surface area contributed by atoms with Gasteiger partial charge in [-0.3, -0.25) is 0 Å². The maximum atomic E-state index is 5.92. The second-order valence-electron chi connectivity index (χ2n) is 5.88. The molecule has 3 heteroatoms. The van der Waals surface area contributed by atoms with Crippen molar-refractivity contribution in [3.63, 3.8) is 0 Å². The third-order valence-electron chi connectivity index (χ3n) is 3.91. The molecule has 18 heavy (non-hydrogen) atoms. The van der Waals surface area contributed by atoms with E-state index in [1.54, 1.807) is 0 Å². The van der Waals surface area contributed by atoms with Crippen LogP contribution >= 0.6 is 0 Å². The first-order chi connectivity index (χ1) is 8.41. The van der Waals surface area contributed by atoms with Crippen molar-refractivity contribution in [3.8, 4) is 0 Å². The summed E-state index contributed by atoms with van der Waals surface area (Å²) < 4.78 is 11.8. The molecule has 97 valence electrons. The highest BCUT2D eigenvalue weighted by Crippen LogP contribution is 2.37. The third kappa shape index (κ3) is 2.96. The molecule has 0 bridgehead atoms. The Kier molecular flexibility index (Phi) is 3.83. The molecule has 2 rings (SSSR count). The number of hydrogen-bond acceptors (Lipinski definition) is 2. The van der Waals surface area contributed by atoms with Crippen molar-refractivity contribution in [1.29, 1.82) is 0 Å². The van der Waals surface area contributed by atoms with Crippen molar-refractivity contribution in [2.24, 2.45) is 0 Å². The fourth-order valence-electron chi connectivity index (χ4n) is 2.02. The van der Waals surface area contributed by atoms with Crippen molar-refractivity contribution < 1.29 is 9.31 Å². The molecule has 2 nitrogen and oxygen atoms in total. The summed E-state index contributed by atoms with van der Waals surface area (Å²) in [6.45, 7) is 8.33. The van der Waals surface area contributed by atoms with E-state index in [-0.39, 0.29) is 18.3 Å². The van der Waals surface area contributed by atoms with Gasteiger partial charge in [-0.2, -0.15) is 0 Å². The zero-order valence-electron chi connectivity index (χ0n) is 11.8. The van der Waals surface area contributed by atoms with Gasteiger partial charge < -0.3 is 9.31 Å². The van der Waals surface area contributed by atoms with E-state index in [1.165, 1.54) is 5.56 Å². The van der Waals surface area contributed by atoms with Crippen molar-refractivity contribution in [3.05, 3.63) is 42.2 Å². The maximum Gasteiger partial charge on any atom is 0.460 e. The van der Waals surface area contributed by atoms with Crippen LogP contribution < -0.4 is 0 Å². The van der Waals surface area contributed by atoms with Crippen LogP contribution in [0.4, 0.5) is 0 Å². The van der Waals surface area contributed by atoms with Gasteiger partial charge in [0.1, 0.15) is 0 Å². The highest BCUT2D eigenvalue weighted by Gasteiger charge is 2.50. The summed E-state index contributed by atoms with van der Waals surface area (Å²) in [5.41, 5.74) is 0.882. The molecule has 0 saturated carbocycles. The smallest absolute Gasteiger partial charge is 0.403 e. The molecule has 1 heterocycles. The summed E-state index contributed by atoms with van der Waals surface area (Å²) in [6, 6.07) is 10.5. The molecule has 0 amide bonds. The standard InChI is InChI=1S/C15H22BO2/c1-14(2)15(3,4)18-16(17-14)12-8-11-13-9-6-5-7-10-13/h5-7,9-10,12H,8,11H2,1-4H3. The molecule has 1 aliphatic heterocycles. The van der Waals surface area contributed by atoms with Crippen LogP contribution in [-0.2, 0) is 15.7 Å². The first kappa shape index (κ1) is 13.6. The first-order valence-electron chi connectivity index (χ1n) is 6.64. The van der Waals surface area contributed by atoms with Crippen LogP contribution in [0.5, 0.6) is 0 Å². The van der Waals surface area contributed by atoms with Crippen LogP contribution in [0.2, 0.25) is 0 Å². The summed E-state index contributed by atoms with van der Waals surface area (Å²) in [4.78, 5) is 0. The average Bonchev–Trinajstić information content (AvgIpc) is 2.49.